The van der Waals surface area contributed by atoms with Crippen LogP contribution >= 0.6 is 0 Å². The summed E-state index contributed by atoms with van der Waals surface area (Å²) in [5.41, 5.74) is 1.60. The number of hydrogen-bond donors (Lipinski definition) is 0. The first kappa shape index (κ1) is 59.2. The summed E-state index contributed by atoms with van der Waals surface area (Å²) in [5, 5.41) is 32.0. The molecule has 0 atom stereocenters. The Bertz CT molecular complexity index is 3050. The van der Waals surface area contributed by atoms with E-state index >= 15 is 0 Å². The molecular weight excluding hydrogens is 981 g/mol. The van der Waals surface area contributed by atoms with E-state index in [2.05, 4.69) is 40.9 Å². The second kappa shape index (κ2) is 25.6. The van der Waals surface area contributed by atoms with Crippen LogP contribution in [0.3, 0.4) is 0 Å². The van der Waals surface area contributed by atoms with Gasteiger partial charge >= 0.3 is 118 Å². The molecule has 0 heterocycles. The average Bonchev–Trinajstić information content (AvgIpc) is 3.22. The third-order valence-corrected chi connectivity index (χ3v) is 11.5. The third kappa shape index (κ3) is 17.6. The zero-order chi connectivity index (χ0) is 44.7. The van der Waals surface area contributed by atoms with Crippen molar-refractivity contribution < 1.29 is 170 Å². The smallest absolute Gasteiger partial charge is 0.744 e. The van der Waals surface area contributed by atoms with Crippen LogP contribution in [0.5, 0.6) is 0 Å². The van der Waals surface area contributed by atoms with Crippen LogP contribution in [-0.4, -0.2) is 51.9 Å². The quantitative estimate of drug-likeness (QED) is 0.0461. The molecule has 0 unspecified atom stereocenters. The molecular formula is C38H24N8Na4O12S4. The van der Waals surface area contributed by atoms with E-state index in [1.54, 1.807) is 0 Å². The molecule has 316 valence electrons. The van der Waals surface area contributed by atoms with Crippen molar-refractivity contribution in [1.29, 1.82) is 0 Å². The fraction of sp³-hybridized carbons (Fsp3) is 0. The van der Waals surface area contributed by atoms with Crippen molar-refractivity contribution in [1.82, 2.24) is 0 Å². The summed E-state index contributed by atoms with van der Waals surface area (Å²) in [6.07, 6.45) is 2.27. The van der Waals surface area contributed by atoms with Gasteiger partial charge in [0.15, 0.2) is 0 Å². The molecule has 0 fully saturated rings. The molecule has 0 saturated heterocycles. The van der Waals surface area contributed by atoms with E-state index in [0.29, 0.717) is 22.7 Å². The maximum absolute atomic E-state index is 12.2. The van der Waals surface area contributed by atoms with Gasteiger partial charge in [-0.1, -0.05) is 24.3 Å². The number of azo groups is 4. The van der Waals surface area contributed by atoms with E-state index in [4.69, 9.17) is 0 Å². The SMILES string of the molecule is O=S(=O)([O-])c1ccc(N=Nc2ccc(N=Nc3ccc(/C=C/c4ccc(N=Nc5ccc(N=Nc6ccc(S(=O)(=O)[O-])cc6)cc5)cc4S(=O)(=O)[O-])c(S(=O)(=O)[O-])c3)cc2)cc1.[Na+].[Na+].[Na+].[Na+]. The molecule has 0 aliphatic rings. The van der Waals surface area contributed by atoms with Gasteiger partial charge in [-0.25, -0.2) is 33.7 Å². The van der Waals surface area contributed by atoms with E-state index in [1.807, 2.05) is 0 Å². The molecule has 0 aliphatic heterocycles. The molecule has 0 aromatic heterocycles. The van der Waals surface area contributed by atoms with Crippen LogP contribution in [0, 0.1) is 0 Å². The first-order chi connectivity index (χ1) is 29.2. The van der Waals surface area contributed by atoms with Crippen molar-refractivity contribution in [3.8, 4) is 0 Å². The van der Waals surface area contributed by atoms with Crippen molar-refractivity contribution in [3.63, 3.8) is 0 Å². The molecule has 0 saturated carbocycles. The summed E-state index contributed by atoms with van der Waals surface area (Å²) < 4.78 is 140. The van der Waals surface area contributed by atoms with E-state index in [-0.39, 0.29) is 152 Å². The minimum absolute atomic E-state index is 0. The van der Waals surface area contributed by atoms with Gasteiger partial charge in [0.1, 0.15) is 40.5 Å². The van der Waals surface area contributed by atoms with Crippen molar-refractivity contribution in [3.05, 3.63) is 145 Å². The molecule has 20 nitrogen and oxygen atoms in total. The molecule has 0 aliphatic carbocycles. The summed E-state index contributed by atoms with van der Waals surface area (Å²) in [6, 6.07) is 28.9. The van der Waals surface area contributed by atoms with Crippen LogP contribution < -0.4 is 118 Å². The van der Waals surface area contributed by atoms with Crippen molar-refractivity contribution in [2.24, 2.45) is 40.9 Å². The van der Waals surface area contributed by atoms with Crippen LogP contribution in [-0.2, 0) is 40.5 Å². The summed E-state index contributed by atoms with van der Waals surface area (Å²) in [7, 11) is -19.4. The van der Waals surface area contributed by atoms with Gasteiger partial charge in [-0.15, -0.1) is 0 Å². The minimum atomic E-state index is -5.11. The fourth-order valence-electron chi connectivity index (χ4n) is 5.05. The van der Waals surface area contributed by atoms with Gasteiger partial charge in [0.2, 0.25) is 0 Å². The third-order valence-electron chi connectivity index (χ3n) is 8.05. The van der Waals surface area contributed by atoms with Gasteiger partial charge < -0.3 is 18.2 Å². The molecule has 0 radical (unpaired) electrons. The van der Waals surface area contributed by atoms with Crippen LogP contribution in [0.15, 0.2) is 194 Å². The molecule has 0 bridgehead atoms. The Balaban J connectivity index is 0.00000374. The number of benzene rings is 6. The Morgan fingerprint density at radius 1 is 0.288 bits per heavy atom. The molecule has 0 amide bonds. The molecule has 6 rings (SSSR count). The Morgan fingerprint density at radius 2 is 0.485 bits per heavy atom. The largest absolute Gasteiger partial charge is 1.00 e. The van der Waals surface area contributed by atoms with E-state index in [0.717, 1.165) is 48.6 Å². The number of nitrogens with zero attached hydrogens (tertiary/aromatic N) is 8. The Morgan fingerprint density at radius 3 is 0.697 bits per heavy atom. The standard InChI is InChI=1S/C38H28N8O12S4.4Na/c47-59(48,49)35-19-15-31(16-20-35)41-39-27-7-11-29(12-8-27)43-45-33-5-3-25(37(23-33)61(53,54)55)1-2-26-4-6-34(24-38(26)62(56,57)58)46-44-30-13-9-28(10-14-30)40-42-32-17-21-36(22-18-32)60(50,51)52;;;;/h1-24H,(H,47,48,49)(H,50,51,52)(H,53,54,55)(H,56,57,58);;;;/q;4*+1/p-4/b2-1+,41-39?,42-40?,45-43?,46-44?;;;;. The zero-order valence-corrected chi connectivity index (χ0v) is 46.2. The predicted molar refractivity (Wildman–Crippen MR) is 216 cm³/mol. The first-order valence-electron chi connectivity index (χ1n) is 17.1. The molecule has 28 heteroatoms. The van der Waals surface area contributed by atoms with Gasteiger partial charge in [0.25, 0.3) is 0 Å². The van der Waals surface area contributed by atoms with Crippen LogP contribution in [0.1, 0.15) is 11.1 Å². The molecule has 0 N–H and O–H groups in total. The normalized spacial score (nSPS) is 12.2. The van der Waals surface area contributed by atoms with Crippen LogP contribution in [0.25, 0.3) is 12.2 Å². The molecule has 0 spiro atoms. The maximum Gasteiger partial charge on any atom is 1.00 e. The summed E-state index contributed by atoms with van der Waals surface area (Å²) >= 11 is 0. The Kier molecular flexibility index (Phi) is 23.0. The van der Waals surface area contributed by atoms with Gasteiger partial charge in [-0.05, 0) is 132 Å². The van der Waals surface area contributed by atoms with Crippen LogP contribution in [0.2, 0.25) is 0 Å². The maximum atomic E-state index is 12.2. The van der Waals surface area contributed by atoms with Crippen LogP contribution in [0.4, 0.5) is 45.5 Å². The van der Waals surface area contributed by atoms with Gasteiger partial charge in [0, 0.05) is 0 Å². The van der Waals surface area contributed by atoms with E-state index in [9.17, 15) is 51.9 Å². The topological polar surface area (TPSA) is 328 Å². The Labute approximate surface area is 467 Å². The molecule has 6 aromatic rings. The average molecular weight is 1000 g/mol. The van der Waals surface area contributed by atoms with E-state index in [1.165, 1.54) is 97.1 Å². The zero-order valence-electron chi connectivity index (χ0n) is 35.0. The fourth-order valence-corrected chi connectivity index (χ4v) is 7.37. The van der Waals surface area contributed by atoms with Gasteiger partial charge in [-0.3, -0.25) is 0 Å². The van der Waals surface area contributed by atoms with Gasteiger partial charge in [0.05, 0.1) is 65.1 Å². The first-order valence-corrected chi connectivity index (χ1v) is 22.7. The minimum Gasteiger partial charge on any atom is -0.744 e. The molecule has 6 aromatic carbocycles. The predicted octanol–water partition coefficient (Wildman–Crippen LogP) is -2.85. The molecule has 66 heavy (non-hydrogen) atoms. The van der Waals surface area contributed by atoms with Crippen molar-refractivity contribution in [2.75, 3.05) is 0 Å². The Hall–Kier alpha value is -2.90. The monoisotopic (exact) mass is 1000 g/mol. The second-order valence-corrected chi connectivity index (χ2v) is 17.9. The van der Waals surface area contributed by atoms with E-state index < -0.39 is 60.1 Å². The van der Waals surface area contributed by atoms with Gasteiger partial charge in [-0.2, -0.15) is 40.9 Å². The second-order valence-electron chi connectivity index (χ2n) is 12.4. The summed E-state index contributed by atoms with van der Waals surface area (Å²) in [6.45, 7) is 0. The summed E-state index contributed by atoms with van der Waals surface area (Å²) in [5.74, 6) is 0. The van der Waals surface area contributed by atoms with Crippen molar-refractivity contribution >= 4 is 98.1 Å². The summed E-state index contributed by atoms with van der Waals surface area (Å²) in [4.78, 5) is -2.24. The number of rotatable bonds is 14. The van der Waals surface area contributed by atoms with Crippen molar-refractivity contribution in [2.45, 2.75) is 19.6 Å². The number of hydrogen-bond acceptors (Lipinski definition) is 20.